The molecule has 0 spiro atoms. The van der Waals surface area contributed by atoms with E-state index in [1.807, 2.05) is 20.8 Å². The summed E-state index contributed by atoms with van der Waals surface area (Å²) >= 11 is 0. The molecule has 0 aliphatic carbocycles. The third-order valence-electron chi connectivity index (χ3n) is 2.20. The maximum absolute atomic E-state index is 10.6. The van der Waals surface area contributed by atoms with E-state index in [-0.39, 0.29) is 11.8 Å². The summed E-state index contributed by atoms with van der Waals surface area (Å²) in [5.41, 5.74) is -0.169. The predicted octanol–water partition coefficient (Wildman–Crippen LogP) is 0.849. The van der Waals surface area contributed by atoms with Gasteiger partial charge in [0.15, 0.2) is 5.82 Å². The van der Waals surface area contributed by atoms with Crippen molar-refractivity contribution >= 4 is 5.97 Å². The van der Waals surface area contributed by atoms with Crippen molar-refractivity contribution in [2.45, 2.75) is 39.2 Å². The SMILES string of the molecule is COCCn1nc(CC(=O)O)nc1C(C)(C)C. The van der Waals surface area contributed by atoms with Crippen LogP contribution in [0, 0.1) is 0 Å². The van der Waals surface area contributed by atoms with Gasteiger partial charge in [0, 0.05) is 12.5 Å². The molecule has 0 fully saturated rings. The molecule has 0 bridgehead atoms. The molecule has 1 aromatic rings. The molecule has 0 atom stereocenters. The van der Waals surface area contributed by atoms with Crippen molar-refractivity contribution in [2.24, 2.45) is 0 Å². The lowest BCUT2D eigenvalue weighted by Crippen LogP contribution is -2.21. The average molecular weight is 241 g/mol. The van der Waals surface area contributed by atoms with Gasteiger partial charge in [-0.3, -0.25) is 4.79 Å². The van der Waals surface area contributed by atoms with Crippen LogP contribution >= 0.6 is 0 Å². The largest absolute Gasteiger partial charge is 0.481 e. The van der Waals surface area contributed by atoms with Crippen LogP contribution in [0.15, 0.2) is 0 Å². The predicted molar refractivity (Wildman–Crippen MR) is 61.9 cm³/mol. The van der Waals surface area contributed by atoms with E-state index in [0.29, 0.717) is 19.0 Å². The minimum atomic E-state index is -0.922. The molecule has 1 rings (SSSR count). The van der Waals surface area contributed by atoms with E-state index in [0.717, 1.165) is 5.82 Å². The molecular weight excluding hydrogens is 222 g/mol. The van der Waals surface area contributed by atoms with E-state index in [2.05, 4.69) is 10.1 Å². The highest BCUT2D eigenvalue weighted by Gasteiger charge is 2.23. The first kappa shape index (κ1) is 13.6. The van der Waals surface area contributed by atoms with E-state index in [4.69, 9.17) is 9.84 Å². The third kappa shape index (κ3) is 3.81. The lowest BCUT2D eigenvalue weighted by atomic mass is 9.96. The van der Waals surface area contributed by atoms with Crippen molar-refractivity contribution < 1.29 is 14.6 Å². The van der Waals surface area contributed by atoms with Crippen LogP contribution in [0.4, 0.5) is 0 Å². The van der Waals surface area contributed by atoms with E-state index in [9.17, 15) is 4.79 Å². The van der Waals surface area contributed by atoms with Gasteiger partial charge in [0.25, 0.3) is 0 Å². The van der Waals surface area contributed by atoms with Crippen molar-refractivity contribution in [3.05, 3.63) is 11.6 Å². The molecule has 1 heterocycles. The summed E-state index contributed by atoms with van der Waals surface area (Å²) in [6.07, 6.45) is -0.150. The minimum absolute atomic E-state index is 0.150. The molecule has 0 unspecified atom stereocenters. The Morgan fingerprint density at radius 1 is 1.47 bits per heavy atom. The van der Waals surface area contributed by atoms with Gasteiger partial charge in [0.2, 0.25) is 0 Å². The topological polar surface area (TPSA) is 77.2 Å². The third-order valence-corrected chi connectivity index (χ3v) is 2.20. The van der Waals surface area contributed by atoms with Crippen LogP contribution in [0.1, 0.15) is 32.4 Å². The molecule has 0 aliphatic heterocycles. The highest BCUT2D eigenvalue weighted by atomic mass is 16.5. The van der Waals surface area contributed by atoms with Gasteiger partial charge < -0.3 is 9.84 Å². The number of nitrogens with zero attached hydrogens (tertiary/aromatic N) is 3. The van der Waals surface area contributed by atoms with Gasteiger partial charge >= 0.3 is 5.97 Å². The van der Waals surface area contributed by atoms with Gasteiger partial charge in [0.1, 0.15) is 12.2 Å². The van der Waals surface area contributed by atoms with Crippen LogP contribution < -0.4 is 0 Å². The van der Waals surface area contributed by atoms with Crippen LogP contribution in [0.3, 0.4) is 0 Å². The molecule has 0 saturated heterocycles. The maximum Gasteiger partial charge on any atom is 0.311 e. The maximum atomic E-state index is 10.6. The number of hydrogen-bond donors (Lipinski definition) is 1. The molecule has 1 aromatic heterocycles. The number of carbonyl (C=O) groups is 1. The van der Waals surface area contributed by atoms with Crippen LogP contribution in [-0.2, 0) is 27.9 Å². The molecule has 6 nitrogen and oxygen atoms in total. The van der Waals surface area contributed by atoms with Gasteiger partial charge in [0.05, 0.1) is 13.2 Å². The lowest BCUT2D eigenvalue weighted by molar-refractivity contribution is -0.136. The molecule has 17 heavy (non-hydrogen) atoms. The molecule has 0 radical (unpaired) electrons. The first-order valence-electron chi connectivity index (χ1n) is 5.49. The van der Waals surface area contributed by atoms with Crippen LogP contribution in [0.25, 0.3) is 0 Å². The lowest BCUT2D eigenvalue weighted by Gasteiger charge is -2.17. The van der Waals surface area contributed by atoms with Crippen molar-refractivity contribution in [1.29, 1.82) is 0 Å². The van der Waals surface area contributed by atoms with Crippen LogP contribution in [0.2, 0.25) is 0 Å². The van der Waals surface area contributed by atoms with Crippen molar-refractivity contribution in [1.82, 2.24) is 14.8 Å². The Bertz CT molecular complexity index is 393. The van der Waals surface area contributed by atoms with Crippen LogP contribution in [0.5, 0.6) is 0 Å². The van der Waals surface area contributed by atoms with Gasteiger partial charge in [-0.05, 0) is 0 Å². The van der Waals surface area contributed by atoms with E-state index in [1.54, 1.807) is 11.8 Å². The molecule has 0 aliphatic rings. The smallest absolute Gasteiger partial charge is 0.311 e. The Morgan fingerprint density at radius 3 is 2.59 bits per heavy atom. The Kier molecular flexibility index (Phi) is 4.22. The van der Waals surface area contributed by atoms with Gasteiger partial charge in [-0.15, -0.1) is 0 Å². The zero-order valence-electron chi connectivity index (χ0n) is 10.7. The monoisotopic (exact) mass is 241 g/mol. The highest BCUT2D eigenvalue weighted by molar-refractivity contribution is 5.68. The fourth-order valence-electron chi connectivity index (χ4n) is 1.49. The van der Waals surface area contributed by atoms with E-state index in [1.165, 1.54) is 0 Å². The standard InChI is InChI=1S/C11H19N3O3/c1-11(2,3)10-12-8(7-9(15)16)13-14(10)5-6-17-4/h5-7H2,1-4H3,(H,15,16). The minimum Gasteiger partial charge on any atom is -0.481 e. The Hall–Kier alpha value is -1.43. The summed E-state index contributed by atoms with van der Waals surface area (Å²) in [4.78, 5) is 14.9. The zero-order chi connectivity index (χ0) is 13.1. The summed E-state index contributed by atoms with van der Waals surface area (Å²) in [5.74, 6) is 0.207. The number of carboxylic acid groups (broad SMARTS) is 1. The number of aromatic nitrogens is 3. The number of ether oxygens (including phenoxy) is 1. The van der Waals surface area contributed by atoms with Crippen LogP contribution in [-0.4, -0.2) is 39.6 Å². The second-order valence-electron chi connectivity index (χ2n) is 4.89. The Balaban J connectivity index is 2.99. The first-order valence-corrected chi connectivity index (χ1v) is 5.49. The van der Waals surface area contributed by atoms with E-state index >= 15 is 0 Å². The Labute approximate surface area is 101 Å². The van der Waals surface area contributed by atoms with Gasteiger partial charge in [-0.2, -0.15) is 5.10 Å². The summed E-state index contributed by atoms with van der Waals surface area (Å²) in [6.45, 7) is 7.16. The average Bonchev–Trinajstić information content (AvgIpc) is 2.56. The van der Waals surface area contributed by atoms with Crippen molar-refractivity contribution in [3.8, 4) is 0 Å². The second kappa shape index (κ2) is 5.27. The number of rotatable bonds is 5. The molecular formula is C11H19N3O3. The normalized spacial score (nSPS) is 11.8. The molecule has 1 N–H and O–H groups in total. The summed E-state index contributed by atoms with van der Waals surface area (Å²) in [6, 6.07) is 0. The highest BCUT2D eigenvalue weighted by Crippen LogP contribution is 2.20. The summed E-state index contributed by atoms with van der Waals surface area (Å²) in [5, 5.41) is 12.9. The molecule has 0 aromatic carbocycles. The van der Waals surface area contributed by atoms with Gasteiger partial charge in [-0.25, -0.2) is 9.67 Å². The fraction of sp³-hybridized carbons (Fsp3) is 0.727. The summed E-state index contributed by atoms with van der Waals surface area (Å²) < 4.78 is 6.72. The number of methoxy groups -OCH3 is 1. The zero-order valence-corrected chi connectivity index (χ0v) is 10.7. The second-order valence-corrected chi connectivity index (χ2v) is 4.89. The van der Waals surface area contributed by atoms with Gasteiger partial charge in [-0.1, -0.05) is 20.8 Å². The molecule has 96 valence electrons. The Morgan fingerprint density at radius 2 is 2.12 bits per heavy atom. The quantitative estimate of drug-likeness (QED) is 0.827. The number of hydrogen-bond acceptors (Lipinski definition) is 4. The molecule has 0 saturated carbocycles. The van der Waals surface area contributed by atoms with Crippen molar-refractivity contribution in [2.75, 3.05) is 13.7 Å². The molecule has 6 heteroatoms. The molecule has 0 amide bonds. The first-order chi connectivity index (χ1) is 7.84. The summed E-state index contributed by atoms with van der Waals surface area (Å²) in [7, 11) is 1.62. The fourth-order valence-corrected chi connectivity index (χ4v) is 1.49. The number of aliphatic carboxylic acids is 1. The van der Waals surface area contributed by atoms with Crippen molar-refractivity contribution in [3.63, 3.8) is 0 Å². The van der Waals surface area contributed by atoms with E-state index < -0.39 is 5.97 Å². The number of carboxylic acids is 1.